The van der Waals surface area contributed by atoms with Crippen molar-refractivity contribution in [1.29, 1.82) is 0 Å². The van der Waals surface area contributed by atoms with Gasteiger partial charge in [0.15, 0.2) is 0 Å². The molecule has 0 bridgehead atoms. The summed E-state index contributed by atoms with van der Waals surface area (Å²) in [5.41, 5.74) is 0.495. The minimum Gasteiger partial charge on any atom is -0.444 e. The first-order valence-corrected chi connectivity index (χ1v) is 7.33. The minimum absolute atomic E-state index is 0.137. The van der Waals surface area contributed by atoms with Gasteiger partial charge < -0.3 is 19.5 Å². The summed E-state index contributed by atoms with van der Waals surface area (Å²) in [6, 6.07) is -0.137. The van der Waals surface area contributed by atoms with Gasteiger partial charge >= 0.3 is 6.09 Å². The van der Waals surface area contributed by atoms with Crippen LogP contribution in [0.5, 0.6) is 0 Å². The Morgan fingerprint density at radius 1 is 1.48 bits per heavy atom. The number of imidazole rings is 1. The summed E-state index contributed by atoms with van der Waals surface area (Å²) in [6.07, 6.45) is 4.22. The molecule has 1 atom stereocenters. The van der Waals surface area contributed by atoms with Crippen molar-refractivity contribution < 1.29 is 9.53 Å². The molecule has 0 aliphatic heterocycles. The van der Waals surface area contributed by atoms with Gasteiger partial charge in [0.05, 0.1) is 24.3 Å². The van der Waals surface area contributed by atoms with Gasteiger partial charge in [0.1, 0.15) is 5.60 Å². The average Bonchev–Trinajstić information content (AvgIpc) is 2.73. The van der Waals surface area contributed by atoms with Crippen molar-refractivity contribution in [3.05, 3.63) is 18.2 Å². The second-order valence-electron chi connectivity index (χ2n) is 6.54. The highest BCUT2D eigenvalue weighted by Crippen LogP contribution is 2.14. The lowest BCUT2D eigenvalue weighted by molar-refractivity contribution is 0.0506. The standard InChI is InChI=1S/C15H28N4O2/c1-12(17-14(20)21-15(2,3)4)13-10-16-11-19(13)9-7-8-18(5)6/h10-12H,7-9H2,1-6H3,(H,17,20)/t12-/m0/s1. The lowest BCUT2D eigenvalue weighted by Gasteiger charge is -2.22. The largest absolute Gasteiger partial charge is 0.444 e. The van der Waals surface area contributed by atoms with Crippen LogP contribution in [-0.2, 0) is 11.3 Å². The van der Waals surface area contributed by atoms with E-state index in [2.05, 4.69) is 33.9 Å². The monoisotopic (exact) mass is 296 g/mol. The van der Waals surface area contributed by atoms with Crippen LogP contribution in [0, 0.1) is 0 Å². The molecule has 6 nitrogen and oxygen atoms in total. The van der Waals surface area contributed by atoms with Gasteiger partial charge in [-0.2, -0.15) is 0 Å². The van der Waals surface area contributed by atoms with Crippen molar-refractivity contribution in [3.8, 4) is 0 Å². The molecule has 1 rings (SSSR count). The number of hydrogen-bond donors (Lipinski definition) is 1. The molecule has 1 amide bonds. The number of alkyl carbamates (subject to hydrolysis) is 1. The van der Waals surface area contributed by atoms with E-state index >= 15 is 0 Å². The summed E-state index contributed by atoms with van der Waals surface area (Å²) in [7, 11) is 4.11. The predicted octanol–water partition coefficient (Wildman–Crippen LogP) is 2.42. The van der Waals surface area contributed by atoms with E-state index in [1.165, 1.54) is 0 Å². The number of aryl methyl sites for hydroxylation is 1. The fourth-order valence-corrected chi connectivity index (χ4v) is 1.99. The van der Waals surface area contributed by atoms with Crippen LogP contribution in [-0.4, -0.2) is 46.8 Å². The molecule has 6 heteroatoms. The Labute approximate surface area is 127 Å². The van der Waals surface area contributed by atoms with Crippen LogP contribution in [0.25, 0.3) is 0 Å². The molecule has 0 saturated carbocycles. The van der Waals surface area contributed by atoms with Crippen molar-refractivity contribution in [2.75, 3.05) is 20.6 Å². The Bertz CT molecular complexity index is 449. The van der Waals surface area contributed by atoms with Crippen LogP contribution in [0.15, 0.2) is 12.5 Å². The normalized spacial score (nSPS) is 13.3. The number of ether oxygens (including phenoxy) is 1. The number of rotatable bonds is 6. The van der Waals surface area contributed by atoms with E-state index in [9.17, 15) is 4.79 Å². The third kappa shape index (κ3) is 6.62. The molecule has 1 N–H and O–H groups in total. The minimum atomic E-state index is -0.490. The second-order valence-corrected chi connectivity index (χ2v) is 6.54. The van der Waals surface area contributed by atoms with Crippen molar-refractivity contribution in [2.45, 2.75) is 52.3 Å². The number of aromatic nitrogens is 2. The lowest BCUT2D eigenvalue weighted by Crippen LogP contribution is -2.34. The summed E-state index contributed by atoms with van der Waals surface area (Å²) in [4.78, 5) is 18.1. The van der Waals surface area contributed by atoms with E-state index < -0.39 is 11.7 Å². The highest BCUT2D eigenvalue weighted by Gasteiger charge is 2.19. The van der Waals surface area contributed by atoms with Gasteiger partial charge in [-0.3, -0.25) is 0 Å². The topological polar surface area (TPSA) is 59.4 Å². The van der Waals surface area contributed by atoms with Crippen molar-refractivity contribution in [2.24, 2.45) is 0 Å². The van der Waals surface area contributed by atoms with Gasteiger partial charge in [-0.25, -0.2) is 9.78 Å². The van der Waals surface area contributed by atoms with Crippen molar-refractivity contribution in [3.63, 3.8) is 0 Å². The maximum Gasteiger partial charge on any atom is 0.408 e. The van der Waals surface area contributed by atoms with E-state index in [0.29, 0.717) is 0 Å². The fourth-order valence-electron chi connectivity index (χ4n) is 1.99. The zero-order valence-electron chi connectivity index (χ0n) is 14.0. The maximum absolute atomic E-state index is 11.8. The molecule has 0 aliphatic rings. The van der Waals surface area contributed by atoms with Crippen LogP contribution >= 0.6 is 0 Å². The third-order valence-corrected chi connectivity index (χ3v) is 2.93. The highest BCUT2D eigenvalue weighted by atomic mass is 16.6. The SMILES string of the molecule is C[C@H](NC(=O)OC(C)(C)C)c1cncn1CCCN(C)C. The number of hydrogen-bond acceptors (Lipinski definition) is 4. The lowest BCUT2D eigenvalue weighted by atomic mass is 10.2. The molecule has 0 fully saturated rings. The molecule has 1 aromatic rings. The van der Waals surface area contributed by atoms with E-state index in [1.807, 2.05) is 27.7 Å². The second kappa shape index (κ2) is 7.45. The zero-order chi connectivity index (χ0) is 16.0. The van der Waals surface area contributed by atoms with E-state index in [0.717, 1.165) is 25.2 Å². The molecule has 0 saturated heterocycles. The first-order chi connectivity index (χ1) is 9.69. The first-order valence-electron chi connectivity index (χ1n) is 7.33. The number of carbonyl (C=O) groups is 1. The molecule has 0 radical (unpaired) electrons. The van der Waals surface area contributed by atoms with E-state index in [4.69, 9.17) is 4.74 Å². The number of carbonyl (C=O) groups excluding carboxylic acids is 1. The maximum atomic E-state index is 11.8. The molecule has 1 aromatic heterocycles. The first kappa shape index (κ1) is 17.5. The molecule has 21 heavy (non-hydrogen) atoms. The fraction of sp³-hybridized carbons (Fsp3) is 0.733. The average molecular weight is 296 g/mol. The molecular formula is C15H28N4O2. The Balaban J connectivity index is 2.56. The van der Waals surface area contributed by atoms with E-state index in [1.54, 1.807) is 12.5 Å². The quantitative estimate of drug-likeness (QED) is 0.876. The summed E-state index contributed by atoms with van der Waals surface area (Å²) in [5, 5.41) is 2.85. The van der Waals surface area contributed by atoms with E-state index in [-0.39, 0.29) is 6.04 Å². The third-order valence-electron chi connectivity index (χ3n) is 2.93. The molecular weight excluding hydrogens is 268 g/mol. The van der Waals surface area contributed by atoms with Gasteiger partial charge in [-0.15, -0.1) is 0 Å². The number of amides is 1. The summed E-state index contributed by atoms with van der Waals surface area (Å²) in [5.74, 6) is 0. The molecule has 0 aromatic carbocycles. The predicted molar refractivity (Wildman–Crippen MR) is 83.2 cm³/mol. The van der Waals surface area contributed by atoms with Crippen LogP contribution in [0.4, 0.5) is 4.79 Å². The smallest absolute Gasteiger partial charge is 0.408 e. The molecule has 1 heterocycles. The summed E-state index contributed by atoms with van der Waals surface area (Å²) >= 11 is 0. The van der Waals surface area contributed by atoms with Crippen LogP contribution in [0.3, 0.4) is 0 Å². The van der Waals surface area contributed by atoms with Crippen LogP contribution in [0.1, 0.15) is 45.9 Å². The Morgan fingerprint density at radius 2 is 2.14 bits per heavy atom. The van der Waals surface area contributed by atoms with Crippen LogP contribution < -0.4 is 5.32 Å². The molecule has 0 spiro atoms. The van der Waals surface area contributed by atoms with Gasteiger partial charge in [0, 0.05) is 6.54 Å². The number of nitrogens with zero attached hydrogens (tertiary/aromatic N) is 3. The van der Waals surface area contributed by atoms with Crippen molar-refractivity contribution >= 4 is 6.09 Å². The van der Waals surface area contributed by atoms with Gasteiger partial charge in [0.2, 0.25) is 0 Å². The highest BCUT2D eigenvalue weighted by molar-refractivity contribution is 5.68. The molecule has 120 valence electrons. The zero-order valence-corrected chi connectivity index (χ0v) is 14.0. The van der Waals surface area contributed by atoms with Gasteiger partial charge in [-0.05, 0) is 54.8 Å². The summed E-state index contributed by atoms with van der Waals surface area (Å²) in [6.45, 7) is 9.39. The van der Waals surface area contributed by atoms with Crippen molar-refractivity contribution in [1.82, 2.24) is 19.8 Å². The van der Waals surface area contributed by atoms with Crippen LogP contribution in [0.2, 0.25) is 0 Å². The number of nitrogens with one attached hydrogen (secondary N) is 1. The Morgan fingerprint density at radius 3 is 2.71 bits per heavy atom. The van der Waals surface area contributed by atoms with Gasteiger partial charge in [-0.1, -0.05) is 0 Å². The summed E-state index contributed by atoms with van der Waals surface area (Å²) < 4.78 is 7.35. The Hall–Kier alpha value is -1.56. The Kier molecular flexibility index (Phi) is 6.20. The van der Waals surface area contributed by atoms with Gasteiger partial charge in [0.25, 0.3) is 0 Å². The molecule has 0 unspecified atom stereocenters. The molecule has 0 aliphatic carbocycles.